The molecule has 2 aromatic carbocycles. The van der Waals surface area contributed by atoms with Crippen molar-refractivity contribution in [2.24, 2.45) is 10.9 Å². The van der Waals surface area contributed by atoms with Crippen LogP contribution in [-0.2, 0) is 19.6 Å². The number of nitrogens with one attached hydrogen (secondary N) is 1. The number of ether oxygens (including phenoxy) is 1. The smallest absolute Gasteiger partial charge is 0.338 e. The number of amidine groups is 1. The second-order valence-electron chi connectivity index (χ2n) is 9.32. The van der Waals surface area contributed by atoms with E-state index in [9.17, 15) is 27.5 Å². The van der Waals surface area contributed by atoms with Gasteiger partial charge in [0.1, 0.15) is 11.9 Å². The molecule has 3 aromatic rings. The van der Waals surface area contributed by atoms with E-state index in [1.807, 2.05) is 0 Å². The van der Waals surface area contributed by atoms with Gasteiger partial charge < -0.3 is 15.2 Å². The van der Waals surface area contributed by atoms with E-state index in [4.69, 9.17) is 21.3 Å². The van der Waals surface area contributed by atoms with Gasteiger partial charge >= 0.3 is 11.9 Å². The van der Waals surface area contributed by atoms with Crippen LogP contribution in [0.3, 0.4) is 0 Å². The van der Waals surface area contributed by atoms with Gasteiger partial charge in [-0.1, -0.05) is 29.8 Å². The summed E-state index contributed by atoms with van der Waals surface area (Å²) in [5.41, 5.74) is 0.776. The summed E-state index contributed by atoms with van der Waals surface area (Å²) in [5.74, 6) is -2.52. The number of aromatic carboxylic acids is 1. The number of halogens is 2. The number of esters is 1. The maximum absolute atomic E-state index is 14.5. The van der Waals surface area contributed by atoms with E-state index in [0.29, 0.717) is 29.4 Å². The molecule has 0 aliphatic carbocycles. The van der Waals surface area contributed by atoms with Crippen molar-refractivity contribution < 1.29 is 32.2 Å². The number of carboxylic acid groups (broad SMARTS) is 1. The van der Waals surface area contributed by atoms with Crippen LogP contribution in [-0.4, -0.2) is 60.8 Å². The first-order valence-electron chi connectivity index (χ1n) is 12.5. The van der Waals surface area contributed by atoms with E-state index in [1.54, 1.807) is 17.6 Å². The molecule has 0 saturated carbocycles. The number of allylic oxidation sites excluding steroid dienone is 1. The van der Waals surface area contributed by atoms with Crippen LogP contribution in [0, 0.1) is 11.7 Å². The number of piperidine rings is 1. The van der Waals surface area contributed by atoms with Crippen LogP contribution in [0.4, 0.5) is 4.39 Å². The van der Waals surface area contributed by atoms with Crippen molar-refractivity contribution in [1.82, 2.24) is 14.6 Å². The Hall–Kier alpha value is -3.65. The highest BCUT2D eigenvalue weighted by Crippen LogP contribution is 2.40. The number of hydrogen-bond acceptors (Lipinski definition) is 9. The minimum atomic E-state index is -3.97. The highest BCUT2D eigenvalue weighted by atomic mass is 35.5. The molecular weight excluding hydrogens is 595 g/mol. The van der Waals surface area contributed by atoms with E-state index in [0.717, 1.165) is 6.07 Å². The number of hydrogen-bond donors (Lipinski definition) is 2. The van der Waals surface area contributed by atoms with E-state index in [1.165, 1.54) is 53.1 Å². The normalized spacial score (nSPS) is 18.5. The van der Waals surface area contributed by atoms with Crippen LogP contribution in [0.2, 0.25) is 5.02 Å². The largest absolute Gasteiger partial charge is 0.478 e. The lowest BCUT2D eigenvalue weighted by atomic mass is 9.86. The van der Waals surface area contributed by atoms with Gasteiger partial charge in [0.25, 0.3) is 0 Å². The number of thiazole rings is 1. The minimum absolute atomic E-state index is 0.110. The number of aromatic nitrogens is 1. The molecular formula is C27H24ClFN4O6S2. The van der Waals surface area contributed by atoms with Crippen molar-refractivity contribution in [3.8, 4) is 0 Å². The lowest BCUT2D eigenvalue weighted by Crippen LogP contribution is -2.43. The summed E-state index contributed by atoms with van der Waals surface area (Å²) in [4.78, 5) is 33.5. The molecule has 41 heavy (non-hydrogen) atoms. The van der Waals surface area contributed by atoms with Crippen LogP contribution >= 0.6 is 22.9 Å². The molecule has 0 amide bonds. The maximum atomic E-state index is 14.5. The number of carbonyl (C=O) groups is 2. The van der Waals surface area contributed by atoms with Crippen LogP contribution in [0.25, 0.3) is 0 Å². The fourth-order valence-corrected chi connectivity index (χ4v) is 7.28. The summed E-state index contributed by atoms with van der Waals surface area (Å²) in [6.45, 7) is 0.220. The summed E-state index contributed by atoms with van der Waals surface area (Å²) in [7, 11) is -2.73. The predicted molar refractivity (Wildman–Crippen MR) is 150 cm³/mol. The Labute approximate surface area is 244 Å². The molecule has 3 heterocycles. The molecule has 214 valence electrons. The molecule has 10 nitrogen and oxygen atoms in total. The van der Waals surface area contributed by atoms with Gasteiger partial charge in [0, 0.05) is 41.8 Å². The first-order valence-corrected chi connectivity index (χ1v) is 15.2. The van der Waals surface area contributed by atoms with Gasteiger partial charge in [-0.3, -0.25) is 4.99 Å². The summed E-state index contributed by atoms with van der Waals surface area (Å²) in [5, 5.41) is 14.7. The van der Waals surface area contributed by atoms with Gasteiger partial charge in [-0.15, -0.1) is 11.3 Å². The topological polar surface area (TPSA) is 138 Å². The number of sulfonamides is 1. The fraction of sp³-hybridized carbons (Fsp3) is 0.259. The molecule has 1 atom stereocenters. The van der Waals surface area contributed by atoms with Crippen molar-refractivity contribution in [2.75, 3.05) is 20.2 Å². The van der Waals surface area contributed by atoms with Crippen molar-refractivity contribution >= 4 is 50.7 Å². The molecule has 1 fully saturated rings. The molecule has 14 heteroatoms. The number of nitrogens with zero attached hydrogens (tertiary/aromatic N) is 3. The lowest BCUT2D eigenvalue weighted by Gasteiger charge is -2.36. The summed E-state index contributed by atoms with van der Waals surface area (Å²) >= 11 is 7.66. The second-order valence-corrected chi connectivity index (χ2v) is 12.5. The van der Waals surface area contributed by atoms with Gasteiger partial charge in [-0.2, -0.15) is 4.31 Å². The quantitative estimate of drug-likeness (QED) is 0.375. The number of carbonyl (C=O) groups excluding carboxylic acids is 1. The third-order valence-electron chi connectivity index (χ3n) is 6.97. The van der Waals surface area contributed by atoms with Crippen LogP contribution in [0.5, 0.6) is 0 Å². The zero-order valence-corrected chi connectivity index (χ0v) is 24.0. The third-order valence-corrected chi connectivity index (χ3v) is 10.0. The van der Waals surface area contributed by atoms with Crippen molar-refractivity contribution in [1.29, 1.82) is 0 Å². The Morgan fingerprint density at radius 2 is 1.93 bits per heavy atom. The number of rotatable bonds is 7. The van der Waals surface area contributed by atoms with Crippen molar-refractivity contribution in [2.45, 2.75) is 23.8 Å². The molecule has 5 rings (SSSR count). The molecule has 2 aliphatic rings. The molecule has 0 radical (unpaired) electrons. The number of benzene rings is 2. The Balaban J connectivity index is 1.50. The Morgan fingerprint density at radius 1 is 1.20 bits per heavy atom. The van der Waals surface area contributed by atoms with Gasteiger partial charge in [0.05, 0.1) is 28.2 Å². The molecule has 1 saturated heterocycles. The molecule has 1 unspecified atom stereocenters. The monoisotopic (exact) mass is 618 g/mol. The zero-order chi connectivity index (χ0) is 29.3. The standard InChI is InChI=1S/C27H24ClFN4O6S2/c1-39-27(36)20-22(15-8-11-33(12-9-15)41(37,38)17-5-2-4-16(14-17)26(34)35)31-24(25-30-10-13-40-25)32-23(20)18-6-3-7-19(29)21(18)28/h2-7,10,13-15,23H,8-9,11-12H2,1H3,(H,31,32)(H,34,35). The molecule has 0 bridgehead atoms. The minimum Gasteiger partial charge on any atom is -0.478 e. The van der Waals surface area contributed by atoms with E-state index in [-0.39, 0.29) is 45.6 Å². The molecule has 1 aromatic heterocycles. The summed E-state index contributed by atoms with van der Waals surface area (Å²) in [6, 6.07) is 8.49. The fourth-order valence-electron chi connectivity index (χ4n) is 4.95. The highest BCUT2D eigenvalue weighted by Gasteiger charge is 2.39. The Morgan fingerprint density at radius 3 is 2.59 bits per heavy atom. The SMILES string of the molecule is COC(=O)C1=C(C2CCN(S(=O)(=O)c3cccc(C(=O)O)c3)CC2)NC(c2nccs2)=NC1c1cccc(F)c1Cl. The van der Waals surface area contributed by atoms with Crippen LogP contribution in [0.1, 0.15) is 39.8 Å². The number of aliphatic imine (C=N–C) groups is 1. The Bertz CT molecular complexity index is 1670. The van der Waals surface area contributed by atoms with Crippen molar-refractivity contribution in [3.05, 3.63) is 92.3 Å². The average molecular weight is 619 g/mol. The summed E-state index contributed by atoms with van der Waals surface area (Å²) < 4.78 is 47.6. The predicted octanol–water partition coefficient (Wildman–Crippen LogP) is 4.25. The number of carboxylic acids is 1. The van der Waals surface area contributed by atoms with Gasteiger partial charge in [0.2, 0.25) is 10.0 Å². The molecule has 2 N–H and O–H groups in total. The zero-order valence-electron chi connectivity index (χ0n) is 21.6. The average Bonchev–Trinajstić information content (AvgIpc) is 3.53. The Kier molecular flexibility index (Phi) is 8.23. The van der Waals surface area contributed by atoms with Gasteiger partial charge in [-0.05, 0) is 37.1 Å². The third kappa shape index (κ3) is 5.62. The second kappa shape index (κ2) is 11.7. The molecule has 0 spiro atoms. The summed E-state index contributed by atoms with van der Waals surface area (Å²) in [6.07, 6.45) is 2.27. The van der Waals surface area contributed by atoms with E-state index >= 15 is 0 Å². The first kappa shape index (κ1) is 28.9. The van der Waals surface area contributed by atoms with E-state index in [2.05, 4.69) is 10.3 Å². The van der Waals surface area contributed by atoms with Crippen LogP contribution < -0.4 is 5.32 Å². The molecule has 2 aliphatic heterocycles. The highest BCUT2D eigenvalue weighted by molar-refractivity contribution is 7.89. The number of methoxy groups -OCH3 is 1. The van der Waals surface area contributed by atoms with Crippen LogP contribution in [0.15, 0.2) is 75.2 Å². The van der Waals surface area contributed by atoms with Crippen molar-refractivity contribution in [3.63, 3.8) is 0 Å². The van der Waals surface area contributed by atoms with Gasteiger partial charge in [0.15, 0.2) is 10.8 Å². The van der Waals surface area contributed by atoms with E-state index < -0.39 is 33.8 Å². The van der Waals surface area contributed by atoms with Gasteiger partial charge in [-0.25, -0.2) is 27.4 Å². The first-order chi connectivity index (χ1) is 19.6. The maximum Gasteiger partial charge on any atom is 0.338 e. The lowest BCUT2D eigenvalue weighted by molar-refractivity contribution is -0.136.